The smallest absolute Gasteiger partial charge is 0.425 e. The third-order valence-corrected chi connectivity index (χ3v) is 9.65. The zero-order valence-corrected chi connectivity index (χ0v) is 37.0. The van der Waals surface area contributed by atoms with E-state index in [9.17, 15) is 19.2 Å². The Morgan fingerprint density at radius 3 is 1.67 bits per heavy atom. The lowest BCUT2D eigenvalue weighted by Crippen LogP contribution is -2.44. The first kappa shape index (κ1) is 45.9. The molecule has 0 saturated heterocycles. The van der Waals surface area contributed by atoms with Crippen LogP contribution in [0.25, 0.3) is 22.3 Å². The Labute approximate surface area is 368 Å². The lowest BCUT2D eigenvalue weighted by Gasteiger charge is -2.30. The van der Waals surface area contributed by atoms with Crippen molar-refractivity contribution in [1.29, 1.82) is 0 Å². The van der Waals surface area contributed by atoms with Gasteiger partial charge in [0.2, 0.25) is 0 Å². The molecule has 1 aromatic heterocycles. The zero-order chi connectivity index (χ0) is 45.1. The Bertz CT molecular complexity index is 2310. The maximum Gasteiger partial charge on any atom is 0.425 e. The summed E-state index contributed by atoms with van der Waals surface area (Å²) in [6.45, 7) is 14.4. The Morgan fingerprint density at radius 1 is 0.603 bits per heavy atom. The van der Waals surface area contributed by atoms with Gasteiger partial charge in [0, 0.05) is 17.3 Å². The number of anilines is 1. The summed E-state index contributed by atoms with van der Waals surface area (Å²) in [4.78, 5) is 59.8. The van der Waals surface area contributed by atoms with E-state index in [0.29, 0.717) is 73.2 Å². The molecule has 4 aromatic carbocycles. The number of benzene rings is 4. The van der Waals surface area contributed by atoms with Crippen LogP contribution in [0, 0.1) is 0 Å². The second-order valence-electron chi connectivity index (χ2n) is 16.7. The monoisotopic (exact) mass is 857 g/mol. The molecule has 6 rings (SSSR count). The summed E-state index contributed by atoms with van der Waals surface area (Å²) >= 11 is 0. The van der Waals surface area contributed by atoms with E-state index in [4.69, 9.17) is 33.4 Å². The molecular weight excluding hydrogens is 803 g/mol. The number of fused-ring (bicyclic) bond motifs is 1. The van der Waals surface area contributed by atoms with Crippen LogP contribution in [0.1, 0.15) is 80.3 Å². The second kappa shape index (κ2) is 20.5. The minimum atomic E-state index is -0.916. The highest BCUT2D eigenvalue weighted by atomic mass is 16.6. The molecule has 0 bridgehead atoms. The third-order valence-electron chi connectivity index (χ3n) is 9.65. The SMILES string of the molecule is CCc1c(-c2ccc(OCCOCCOCCN3C(=O)c4ccccc4C3=O)cc2)cnc(N(C(=O)OC(C)(C)C)C(=O)OC(C)(C)C)c1-c1ccc(OCc2ccccc2)cc1. The van der Waals surface area contributed by atoms with Crippen LogP contribution in [-0.2, 0) is 32.0 Å². The lowest BCUT2D eigenvalue weighted by molar-refractivity contribution is 0.0282. The van der Waals surface area contributed by atoms with Crippen LogP contribution in [0.4, 0.5) is 15.4 Å². The second-order valence-corrected chi connectivity index (χ2v) is 16.7. The summed E-state index contributed by atoms with van der Waals surface area (Å²) in [5.41, 5.74) is 3.78. The molecule has 0 spiro atoms. The van der Waals surface area contributed by atoms with E-state index in [1.54, 1.807) is 72.0 Å². The molecule has 1 aliphatic heterocycles. The maximum atomic E-state index is 13.9. The van der Waals surface area contributed by atoms with E-state index in [1.807, 2.05) is 85.8 Å². The molecule has 0 atom stereocenters. The summed E-state index contributed by atoms with van der Waals surface area (Å²) < 4.78 is 34.8. The normalized spacial score (nSPS) is 12.5. The third kappa shape index (κ3) is 12.1. The zero-order valence-electron chi connectivity index (χ0n) is 37.0. The van der Waals surface area contributed by atoms with E-state index < -0.39 is 23.4 Å². The molecule has 4 amide bonds. The molecule has 5 aromatic rings. The Morgan fingerprint density at radius 2 is 1.11 bits per heavy atom. The van der Waals surface area contributed by atoms with Crippen molar-refractivity contribution in [3.8, 4) is 33.8 Å². The first-order valence-corrected chi connectivity index (χ1v) is 21.0. The topological polar surface area (TPSA) is 143 Å². The van der Waals surface area contributed by atoms with Gasteiger partial charge in [-0.25, -0.2) is 14.6 Å². The van der Waals surface area contributed by atoms with Gasteiger partial charge in [-0.2, -0.15) is 4.90 Å². The molecule has 2 heterocycles. The van der Waals surface area contributed by atoms with Crippen LogP contribution in [-0.4, -0.2) is 84.7 Å². The molecule has 13 heteroatoms. The van der Waals surface area contributed by atoms with Gasteiger partial charge in [0.25, 0.3) is 11.8 Å². The molecule has 0 unspecified atom stereocenters. The molecule has 0 N–H and O–H groups in total. The minimum absolute atomic E-state index is 0.0742. The number of ether oxygens (including phenoxy) is 6. The fourth-order valence-electron chi connectivity index (χ4n) is 6.82. The Hall–Kier alpha value is -6.57. The fraction of sp³-hybridized carbons (Fsp3) is 0.340. The number of carbonyl (C=O) groups is 4. The average molecular weight is 858 g/mol. The molecule has 0 fully saturated rings. The molecule has 63 heavy (non-hydrogen) atoms. The number of hydrogen-bond donors (Lipinski definition) is 0. The van der Waals surface area contributed by atoms with E-state index in [-0.39, 0.29) is 30.8 Å². The number of rotatable bonds is 17. The number of hydrogen-bond acceptors (Lipinski definition) is 11. The van der Waals surface area contributed by atoms with Crippen LogP contribution in [0.2, 0.25) is 0 Å². The number of carbonyl (C=O) groups excluding carboxylic acids is 4. The van der Waals surface area contributed by atoms with Gasteiger partial charge in [-0.3, -0.25) is 14.5 Å². The number of pyridine rings is 1. The number of aromatic nitrogens is 1. The molecule has 0 saturated carbocycles. The Balaban J connectivity index is 1.14. The summed E-state index contributed by atoms with van der Waals surface area (Å²) in [5, 5.41) is 0. The predicted octanol–water partition coefficient (Wildman–Crippen LogP) is 9.94. The highest BCUT2D eigenvalue weighted by Crippen LogP contribution is 2.40. The van der Waals surface area contributed by atoms with Gasteiger partial charge in [0.15, 0.2) is 5.82 Å². The summed E-state index contributed by atoms with van der Waals surface area (Å²) in [6.07, 6.45) is 0.342. The first-order valence-electron chi connectivity index (χ1n) is 21.0. The number of amides is 4. The standard InChI is InChI=1S/C50H55N3O10/c1-8-39-42(35-18-22-37(23-19-35)60-31-30-59-29-28-58-27-26-52-45(54)40-16-12-13-17-41(40)46(52)55)32-51-44(53(47(56)62-49(2,3)4)48(57)63-50(5,6)7)43(39)36-20-24-38(25-21-36)61-33-34-14-10-9-11-15-34/h9-25,32H,8,26-31,33H2,1-7H3. The van der Waals surface area contributed by atoms with Crippen molar-refractivity contribution in [1.82, 2.24) is 9.88 Å². The molecular formula is C50H55N3O10. The van der Waals surface area contributed by atoms with Crippen molar-refractivity contribution in [3.63, 3.8) is 0 Å². The van der Waals surface area contributed by atoms with Gasteiger partial charge in [-0.05, 0) is 107 Å². The van der Waals surface area contributed by atoms with Crippen LogP contribution in [0.15, 0.2) is 109 Å². The predicted molar refractivity (Wildman–Crippen MR) is 239 cm³/mol. The van der Waals surface area contributed by atoms with Crippen LogP contribution >= 0.6 is 0 Å². The van der Waals surface area contributed by atoms with Gasteiger partial charge in [-0.1, -0.05) is 73.7 Å². The van der Waals surface area contributed by atoms with Gasteiger partial charge in [0.1, 0.15) is 35.9 Å². The van der Waals surface area contributed by atoms with Crippen LogP contribution < -0.4 is 14.4 Å². The van der Waals surface area contributed by atoms with Crippen molar-refractivity contribution in [2.75, 3.05) is 44.5 Å². The highest BCUT2D eigenvalue weighted by molar-refractivity contribution is 6.21. The number of nitrogens with zero attached hydrogens (tertiary/aromatic N) is 3. The van der Waals surface area contributed by atoms with Crippen molar-refractivity contribution in [2.45, 2.75) is 72.7 Å². The molecule has 0 aliphatic carbocycles. The van der Waals surface area contributed by atoms with Crippen LogP contribution in [0.5, 0.6) is 11.5 Å². The molecule has 0 radical (unpaired) electrons. The Kier molecular flexibility index (Phi) is 15.0. The van der Waals surface area contributed by atoms with Gasteiger partial charge < -0.3 is 28.4 Å². The van der Waals surface area contributed by atoms with E-state index >= 15 is 0 Å². The quantitative estimate of drug-likeness (QED) is 0.0651. The van der Waals surface area contributed by atoms with E-state index in [1.165, 1.54) is 4.90 Å². The largest absolute Gasteiger partial charge is 0.491 e. The van der Waals surface area contributed by atoms with E-state index in [2.05, 4.69) is 0 Å². The maximum absolute atomic E-state index is 13.9. The van der Waals surface area contributed by atoms with Gasteiger partial charge in [-0.15, -0.1) is 0 Å². The lowest BCUT2D eigenvalue weighted by atomic mass is 9.91. The van der Waals surface area contributed by atoms with Crippen molar-refractivity contribution in [2.24, 2.45) is 0 Å². The van der Waals surface area contributed by atoms with Crippen molar-refractivity contribution >= 4 is 29.8 Å². The van der Waals surface area contributed by atoms with Gasteiger partial charge in [0.05, 0.1) is 44.1 Å². The summed E-state index contributed by atoms with van der Waals surface area (Å²) in [5.74, 6) is 0.744. The first-order chi connectivity index (χ1) is 30.1. The van der Waals surface area contributed by atoms with E-state index in [0.717, 1.165) is 27.2 Å². The van der Waals surface area contributed by atoms with Crippen molar-refractivity contribution < 1.29 is 47.6 Å². The summed E-state index contributed by atoms with van der Waals surface area (Å²) in [6, 6.07) is 31.7. The summed E-state index contributed by atoms with van der Waals surface area (Å²) in [7, 11) is 0. The average Bonchev–Trinajstić information content (AvgIpc) is 3.49. The fourth-order valence-corrected chi connectivity index (χ4v) is 6.82. The van der Waals surface area contributed by atoms with Crippen LogP contribution in [0.3, 0.4) is 0 Å². The molecule has 1 aliphatic rings. The molecule has 330 valence electrons. The molecule has 13 nitrogen and oxygen atoms in total. The van der Waals surface area contributed by atoms with Gasteiger partial charge >= 0.3 is 12.2 Å². The van der Waals surface area contributed by atoms with Crippen molar-refractivity contribution in [3.05, 3.63) is 132 Å². The highest BCUT2D eigenvalue weighted by Gasteiger charge is 2.37. The number of imide groups is 2. The minimum Gasteiger partial charge on any atom is -0.491 e.